The summed E-state index contributed by atoms with van der Waals surface area (Å²) in [5, 5.41) is 15.1. The van der Waals surface area contributed by atoms with Gasteiger partial charge in [-0.05, 0) is 49.9 Å². The molecule has 1 aliphatic carbocycles. The second kappa shape index (κ2) is 6.08. The summed E-state index contributed by atoms with van der Waals surface area (Å²) >= 11 is 0. The zero-order valence-electron chi connectivity index (χ0n) is 14.1. The van der Waals surface area contributed by atoms with Gasteiger partial charge >= 0.3 is 0 Å². The topological polar surface area (TPSA) is 116 Å². The molecule has 6 N–H and O–H groups in total. The number of benzene rings is 1. The van der Waals surface area contributed by atoms with E-state index in [1.165, 1.54) is 25.5 Å². The van der Waals surface area contributed by atoms with Crippen molar-refractivity contribution in [1.29, 1.82) is 5.41 Å². The third kappa shape index (κ3) is 2.88. The van der Waals surface area contributed by atoms with E-state index in [0.717, 1.165) is 28.1 Å². The van der Waals surface area contributed by atoms with Crippen LogP contribution in [0.4, 0.5) is 23.1 Å². The van der Waals surface area contributed by atoms with Crippen molar-refractivity contribution in [2.75, 3.05) is 16.4 Å². The van der Waals surface area contributed by atoms with Crippen molar-refractivity contribution < 1.29 is 0 Å². The minimum absolute atomic E-state index is 0.489. The number of nitrogens with one attached hydrogen (secondary N) is 4. The molecule has 2 aromatic heterocycles. The van der Waals surface area contributed by atoms with Crippen molar-refractivity contribution in [2.45, 2.75) is 32.2 Å². The van der Waals surface area contributed by atoms with E-state index >= 15 is 0 Å². The third-order valence-electron chi connectivity index (χ3n) is 4.67. The summed E-state index contributed by atoms with van der Waals surface area (Å²) in [5.74, 6) is 1.37. The average molecular weight is 335 g/mol. The molecule has 7 heteroatoms. The highest BCUT2D eigenvalue weighted by Crippen LogP contribution is 2.30. The van der Waals surface area contributed by atoms with Crippen LogP contribution in [-0.2, 0) is 0 Å². The maximum absolute atomic E-state index is 7.32. The van der Waals surface area contributed by atoms with E-state index < -0.39 is 0 Å². The number of hydrogen-bond acceptors (Lipinski definition) is 6. The van der Waals surface area contributed by atoms with Crippen molar-refractivity contribution in [2.24, 2.45) is 0 Å². The summed E-state index contributed by atoms with van der Waals surface area (Å²) in [4.78, 5) is 12.5. The highest BCUT2D eigenvalue weighted by Gasteiger charge is 2.20. The van der Waals surface area contributed by atoms with Crippen LogP contribution in [-0.4, -0.2) is 27.2 Å². The standard InChI is InChI=1S/C18H21N7/c1-10-9-21-16-15(10)17(22-12-3-2-4-12)25-18(24-16)23-13-6-5-11(8-19)14(20)7-13/h5-9,12,19H,2-4,20H2,1H3,(H3,21,22,23,24,25). The van der Waals surface area contributed by atoms with Gasteiger partial charge in [0.25, 0.3) is 0 Å². The Bertz CT molecular complexity index is 940. The number of nitrogens with zero attached hydrogens (tertiary/aromatic N) is 2. The minimum Gasteiger partial charge on any atom is -0.398 e. The van der Waals surface area contributed by atoms with Crippen molar-refractivity contribution in [3.05, 3.63) is 35.5 Å². The monoisotopic (exact) mass is 335 g/mol. The molecule has 0 unspecified atom stereocenters. The summed E-state index contributed by atoms with van der Waals surface area (Å²) < 4.78 is 0. The number of nitrogen functional groups attached to an aromatic ring is 1. The number of hydrogen-bond donors (Lipinski definition) is 5. The number of rotatable bonds is 5. The first-order valence-electron chi connectivity index (χ1n) is 8.43. The fourth-order valence-corrected chi connectivity index (χ4v) is 3.01. The van der Waals surface area contributed by atoms with Crippen LogP contribution in [0.3, 0.4) is 0 Å². The summed E-state index contributed by atoms with van der Waals surface area (Å²) in [7, 11) is 0. The van der Waals surface area contributed by atoms with Crippen molar-refractivity contribution >= 4 is 40.4 Å². The second-order valence-corrected chi connectivity index (χ2v) is 6.48. The molecule has 4 rings (SSSR count). The molecule has 128 valence electrons. The van der Waals surface area contributed by atoms with Gasteiger partial charge in [-0.3, -0.25) is 0 Å². The van der Waals surface area contributed by atoms with E-state index in [4.69, 9.17) is 11.1 Å². The number of H-pyrrole nitrogens is 1. The Hall–Kier alpha value is -3.09. The second-order valence-electron chi connectivity index (χ2n) is 6.48. The molecule has 25 heavy (non-hydrogen) atoms. The minimum atomic E-state index is 0.489. The summed E-state index contributed by atoms with van der Waals surface area (Å²) in [5.41, 5.74) is 9.91. The predicted octanol–water partition coefficient (Wildman–Crippen LogP) is 3.55. The lowest BCUT2D eigenvalue weighted by Gasteiger charge is -2.27. The zero-order chi connectivity index (χ0) is 17.4. The van der Waals surface area contributed by atoms with Crippen LogP contribution in [0.5, 0.6) is 0 Å². The van der Waals surface area contributed by atoms with Crippen molar-refractivity contribution in [1.82, 2.24) is 15.0 Å². The van der Waals surface area contributed by atoms with Crippen LogP contribution in [0.15, 0.2) is 24.4 Å². The molecule has 0 atom stereocenters. The molecule has 1 aliphatic rings. The van der Waals surface area contributed by atoms with E-state index in [9.17, 15) is 0 Å². The van der Waals surface area contributed by atoms with Crippen molar-refractivity contribution in [3.8, 4) is 0 Å². The number of nitrogens with two attached hydrogens (primary N) is 1. The molecule has 0 saturated heterocycles. The third-order valence-corrected chi connectivity index (χ3v) is 4.67. The molecule has 2 heterocycles. The van der Waals surface area contributed by atoms with E-state index in [0.29, 0.717) is 23.2 Å². The Morgan fingerprint density at radius 1 is 1.32 bits per heavy atom. The molecule has 0 bridgehead atoms. The van der Waals surface area contributed by atoms with E-state index in [1.54, 1.807) is 12.1 Å². The molecule has 0 amide bonds. The number of fused-ring (bicyclic) bond motifs is 1. The Morgan fingerprint density at radius 2 is 2.16 bits per heavy atom. The first-order valence-corrected chi connectivity index (χ1v) is 8.43. The maximum Gasteiger partial charge on any atom is 0.231 e. The SMILES string of the molecule is Cc1c[nH]c2nc(Nc3ccc(C=N)c(N)c3)nc(NC3CCC3)c12. The zero-order valence-corrected chi connectivity index (χ0v) is 14.1. The molecule has 1 aromatic carbocycles. The maximum atomic E-state index is 7.32. The van der Waals surface area contributed by atoms with Gasteiger partial charge in [0.05, 0.1) is 5.39 Å². The predicted molar refractivity (Wildman–Crippen MR) is 102 cm³/mol. The van der Waals surface area contributed by atoms with Crippen LogP contribution >= 0.6 is 0 Å². The molecule has 0 spiro atoms. The fraction of sp³-hybridized carbons (Fsp3) is 0.278. The first kappa shape index (κ1) is 15.4. The number of aromatic nitrogens is 3. The Kier molecular flexibility index (Phi) is 3.76. The number of anilines is 4. The number of aryl methyl sites for hydroxylation is 1. The quantitative estimate of drug-likeness (QED) is 0.361. The Balaban J connectivity index is 1.69. The van der Waals surface area contributed by atoms with Gasteiger partial charge in [-0.25, -0.2) is 0 Å². The lowest BCUT2D eigenvalue weighted by molar-refractivity contribution is 0.445. The molecule has 1 fully saturated rings. The molecule has 3 aromatic rings. The van der Waals surface area contributed by atoms with Gasteiger partial charge in [0.1, 0.15) is 11.5 Å². The smallest absolute Gasteiger partial charge is 0.231 e. The van der Waals surface area contributed by atoms with E-state index in [2.05, 4.69) is 32.5 Å². The van der Waals surface area contributed by atoms with Crippen LogP contribution < -0.4 is 16.4 Å². The Morgan fingerprint density at radius 3 is 2.84 bits per heavy atom. The number of aromatic amines is 1. The van der Waals surface area contributed by atoms with E-state index in [-0.39, 0.29) is 0 Å². The molecule has 0 aliphatic heterocycles. The van der Waals surface area contributed by atoms with Crippen molar-refractivity contribution in [3.63, 3.8) is 0 Å². The molecular formula is C18H21N7. The van der Waals surface area contributed by atoms with Gasteiger partial charge in [-0.2, -0.15) is 9.97 Å². The highest BCUT2D eigenvalue weighted by atomic mass is 15.2. The van der Waals surface area contributed by atoms with Gasteiger partial charge in [-0.1, -0.05) is 0 Å². The van der Waals surface area contributed by atoms with Gasteiger partial charge < -0.3 is 26.8 Å². The van der Waals surface area contributed by atoms with Crippen LogP contribution in [0, 0.1) is 12.3 Å². The van der Waals surface area contributed by atoms with Gasteiger partial charge in [0, 0.05) is 35.4 Å². The largest absolute Gasteiger partial charge is 0.398 e. The highest BCUT2D eigenvalue weighted by molar-refractivity contribution is 5.92. The summed E-state index contributed by atoms with van der Waals surface area (Å²) in [6.45, 7) is 2.05. The first-order chi connectivity index (χ1) is 12.1. The Labute approximate surface area is 145 Å². The molecular weight excluding hydrogens is 314 g/mol. The fourth-order valence-electron chi connectivity index (χ4n) is 3.01. The summed E-state index contributed by atoms with van der Waals surface area (Å²) in [6.07, 6.45) is 6.82. The van der Waals surface area contributed by atoms with Crippen LogP contribution in [0.1, 0.15) is 30.4 Å². The van der Waals surface area contributed by atoms with Crippen LogP contribution in [0.25, 0.3) is 11.0 Å². The molecule has 7 nitrogen and oxygen atoms in total. The lowest BCUT2D eigenvalue weighted by Crippen LogP contribution is -2.27. The summed E-state index contributed by atoms with van der Waals surface area (Å²) in [6, 6.07) is 5.94. The van der Waals surface area contributed by atoms with Gasteiger partial charge in [-0.15, -0.1) is 0 Å². The van der Waals surface area contributed by atoms with E-state index in [1.807, 2.05) is 12.3 Å². The average Bonchev–Trinajstić information content (AvgIpc) is 2.92. The van der Waals surface area contributed by atoms with Gasteiger partial charge in [0.15, 0.2) is 0 Å². The van der Waals surface area contributed by atoms with Crippen LogP contribution in [0.2, 0.25) is 0 Å². The lowest BCUT2D eigenvalue weighted by atomic mass is 9.93. The molecule has 1 saturated carbocycles. The molecule has 0 radical (unpaired) electrons. The van der Waals surface area contributed by atoms with Gasteiger partial charge in [0.2, 0.25) is 5.95 Å². The normalized spacial score (nSPS) is 14.3.